The third-order valence-corrected chi connectivity index (χ3v) is 5.43. The molecule has 1 saturated heterocycles. The Balaban J connectivity index is 0.000000540. The van der Waals surface area contributed by atoms with E-state index in [0.717, 1.165) is 31.7 Å². The molecular weight excluding hydrogens is 487 g/mol. The van der Waals surface area contributed by atoms with Crippen molar-refractivity contribution < 1.29 is 32.7 Å². The number of aliphatic carboxylic acids is 1. The third kappa shape index (κ3) is 9.58. The fraction of sp³-hybridized carbons (Fsp3) is 0.375. The summed E-state index contributed by atoms with van der Waals surface area (Å²) in [5.41, 5.74) is 2.79. The van der Waals surface area contributed by atoms with Gasteiger partial charge in [-0.05, 0) is 36.8 Å². The number of halogens is 4. The van der Waals surface area contributed by atoms with E-state index in [-0.39, 0.29) is 11.8 Å². The average Bonchev–Trinajstić information content (AvgIpc) is 2.83. The summed E-state index contributed by atoms with van der Waals surface area (Å²) in [7, 11) is 0. The van der Waals surface area contributed by atoms with Gasteiger partial charge in [0.05, 0.1) is 0 Å². The molecule has 190 valence electrons. The lowest BCUT2D eigenvalue weighted by Gasteiger charge is -2.29. The van der Waals surface area contributed by atoms with E-state index in [4.69, 9.17) is 21.5 Å². The molecule has 0 aromatic heterocycles. The van der Waals surface area contributed by atoms with Crippen LogP contribution < -0.4 is 5.32 Å². The second-order valence-corrected chi connectivity index (χ2v) is 8.34. The molecule has 1 aliphatic heterocycles. The smallest absolute Gasteiger partial charge is 0.475 e. The number of alkyl halides is 3. The molecule has 11 heteroatoms. The van der Waals surface area contributed by atoms with Crippen LogP contribution in [-0.4, -0.2) is 71.6 Å². The molecule has 1 aliphatic rings. The van der Waals surface area contributed by atoms with Crippen LogP contribution in [0.3, 0.4) is 0 Å². The molecule has 1 fully saturated rings. The summed E-state index contributed by atoms with van der Waals surface area (Å²) in [6.45, 7) is 5.98. The number of carbonyl (C=O) groups is 3. The summed E-state index contributed by atoms with van der Waals surface area (Å²) in [6.07, 6.45) is -4.76. The number of piperazine rings is 1. The van der Waals surface area contributed by atoms with Crippen LogP contribution in [-0.2, 0) is 16.1 Å². The van der Waals surface area contributed by atoms with Crippen molar-refractivity contribution >= 4 is 29.4 Å². The number of hydrogen-bond acceptors (Lipinski definition) is 4. The Morgan fingerprint density at radius 2 is 1.57 bits per heavy atom. The van der Waals surface area contributed by atoms with Crippen LogP contribution in [0.1, 0.15) is 27.9 Å². The molecule has 0 spiro atoms. The van der Waals surface area contributed by atoms with Crippen LogP contribution in [0.5, 0.6) is 0 Å². The molecule has 0 radical (unpaired) electrons. The molecule has 2 amide bonds. The van der Waals surface area contributed by atoms with Crippen LogP contribution in [0.4, 0.5) is 13.2 Å². The molecule has 2 aromatic rings. The zero-order valence-electron chi connectivity index (χ0n) is 19.1. The van der Waals surface area contributed by atoms with E-state index in [1.165, 1.54) is 5.56 Å². The maximum absolute atomic E-state index is 13.1. The maximum Gasteiger partial charge on any atom is 0.490 e. The van der Waals surface area contributed by atoms with Crippen LogP contribution >= 0.6 is 11.6 Å². The van der Waals surface area contributed by atoms with Gasteiger partial charge in [0.1, 0.15) is 0 Å². The number of carboxylic acids is 1. The number of hydrogen-bond donors (Lipinski definition) is 2. The summed E-state index contributed by atoms with van der Waals surface area (Å²) >= 11 is 5.95. The largest absolute Gasteiger partial charge is 0.490 e. The quantitative estimate of drug-likeness (QED) is 0.614. The minimum absolute atomic E-state index is 0.0923. The number of carbonyl (C=O) groups excluding carboxylic acids is 2. The van der Waals surface area contributed by atoms with Gasteiger partial charge < -0.3 is 20.2 Å². The Kier molecular flexibility index (Phi) is 10.5. The van der Waals surface area contributed by atoms with E-state index in [1.807, 2.05) is 36.1 Å². The SMILES string of the molecule is Cc1ccc(CN(CCC(=O)N2CCNCC2)C(=O)c2ccc(Cl)cc2)cc1.O=C(O)C(F)(F)F. The molecule has 0 aliphatic carbocycles. The van der Waals surface area contributed by atoms with Gasteiger partial charge in [-0.2, -0.15) is 13.2 Å². The second kappa shape index (κ2) is 13.1. The highest BCUT2D eigenvalue weighted by atomic mass is 35.5. The minimum Gasteiger partial charge on any atom is -0.475 e. The molecule has 2 N–H and O–H groups in total. The molecule has 2 aromatic carbocycles. The molecule has 7 nitrogen and oxygen atoms in total. The predicted octanol–water partition coefficient (Wildman–Crippen LogP) is 3.75. The Hall–Kier alpha value is -3.11. The van der Waals surface area contributed by atoms with Crippen molar-refractivity contribution in [2.45, 2.75) is 26.1 Å². The summed E-state index contributed by atoms with van der Waals surface area (Å²) in [5, 5.41) is 11.0. The normalized spacial score (nSPS) is 13.5. The first kappa shape index (κ1) is 28.1. The Morgan fingerprint density at radius 3 is 2.09 bits per heavy atom. The number of nitrogens with zero attached hydrogens (tertiary/aromatic N) is 2. The van der Waals surface area contributed by atoms with Crippen molar-refractivity contribution in [1.29, 1.82) is 0 Å². The molecule has 0 saturated carbocycles. The van der Waals surface area contributed by atoms with Crippen LogP contribution in [0, 0.1) is 6.92 Å². The molecule has 0 unspecified atom stereocenters. The average molecular weight is 514 g/mol. The first-order valence-electron chi connectivity index (χ1n) is 10.9. The summed E-state index contributed by atoms with van der Waals surface area (Å²) in [5.74, 6) is -2.75. The second-order valence-electron chi connectivity index (χ2n) is 7.90. The van der Waals surface area contributed by atoms with E-state index >= 15 is 0 Å². The minimum atomic E-state index is -5.08. The van der Waals surface area contributed by atoms with Gasteiger partial charge >= 0.3 is 12.1 Å². The fourth-order valence-electron chi connectivity index (χ4n) is 3.24. The summed E-state index contributed by atoms with van der Waals surface area (Å²) in [6, 6.07) is 15.0. The standard InChI is InChI=1S/C22H26ClN3O2.C2HF3O2/c1-17-2-4-18(5-3-17)16-26(22(28)19-6-8-20(23)9-7-19)13-10-21(27)25-14-11-24-12-15-25;3-2(4,5)1(6)7/h2-9,24H,10-16H2,1H3;(H,6,7). The highest BCUT2D eigenvalue weighted by Crippen LogP contribution is 2.15. The van der Waals surface area contributed by atoms with E-state index < -0.39 is 12.1 Å². The van der Waals surface area contributed by atoms with E-state index in [1.54, 1.807) is 29.2 Å². The van der Waals surface area contributed by atoms with Crippen molar-refractivity contribution in [3.63, 3.8) is 0 Å². The Labute approximate surface area is 206 Å². The molecule has 3 rings (SSSR count). The number of benzene rings is 2. The first-order valence-corrected chi connectivity index (χ1v) is 11.2. The van der Waals surface area contributed by atoms with Crippen LogP contribution in [0.2, 0.25) is 5.02 Å². The maximum atomic E-state index is 13.1. The Bertz CT molecular complexity index is 993. The van der Waals surface area contributed by atoms with Crippen molar-refractivity contribution in [3.8, 4) is 0 Å². The molecule has 0 bridgehead atoms. The molecule has 0 atom stereocenters. The summed E-state index contributed by atoms with van der Waals surface area (Å²) < 4.78 is 31.7. The lowest BCUT2D eigenvalue weighted by atomic mass is 10.1. The number of aryl methyl sites for hydroxylation is 1. The number of nitrogens with one attached hydrogen (secondary N) is 1. The van der Waals surface area contributed by atoms with Crippen molar-refractivity contribution in [2.24, 2.45) is 0 Å². The van der Waals surface area contributed by atoms with E-state index in [0.29, 0.717) is 30.1 Å². The van der Waals surface area contributed by atoms with Gasteiger partial charge in [0.2, 0.25) is 5.91 Å². The van der Waals surface area contributed by atoms with Crippen molar-refractivity contribution in [2.75, 3.05) is 32.7 Å². The van der Waals surface area contributed by atoms with Crippen LogP contribution in [0.25, 0.3) is 0 Å². The number of rotatable bonds is 6. The number of carboxylic acid groups (broad SMARTS) is 1. The predicted molar refractivity (Wildman–Crippen MR) is 125 cm³/mol. The topological polar surface area (TPSA) is 90.0 Å². The lowest BCUT2D eigenvalue weighted by Crippen LogP contribution is -2.47. The molecular formula is C24H27ClF3N3O4. The van der Waals surface area contributed by atoms with Gasteiger partial charge in [0.25, 0.3) is 5.91 Å². The third-order valence-electron chi connectivity index (χ3n) is 5.18. The van der Waals surface area contributed by atoms with Gasteiger partial charge in [-0.3, -0.25) is 9.59 Å². The summed E-state index contributed by atoms with van der Waals surface area (Å²) in [4.78, 5) is 38.1. The zero-order valence-corrected chi connectivity index (χ0v) is 19.9. The van der Waals surface area contributed by atoms with Gasteiger partial charge in [-0.1, -0.05) is 41.4 Å². The van der Waals surface area contributed by atoms with Gasteiger partial charge in [0, 0.05) is 56.3 Å². The zero-order chi connectivity index (χ0) is 26.0. The highest BCUT2D eigenvalue weighted by Gasteiger charge is 2.38. The highest BCUT2D eigenvalue weighted by molar-refractivity contribution is 6.30. The lowest BCUT2D eigenvalue weighted by molar-refractivity contribution is -0.192. The van der Waals surface area contributed by atoms with Gasteiger partial charge in [0.15, 0.2) is 0 Å². The molecule has 35 heavy (non-hydrogen) atoms. The van der Waals surface area contributed by atoms with Gasteiger partial charge in [-0.15, -0.1) is 0 Å². The van der Waals surface area contributed by atoms with E-state index in [2.05, 4.69) is 5.32 Å². The van der Waals surface area contributed by atoms with Crippen LogP contribution in [0.15, 0.2) is 48.5 Å². The van der Waals surface area contributed by atoms with E-state index in [9.17, 15) is 22.8 Å². The first-order chi connectivity index (χ1) is 16.5. The van der Waals surface area contributed by atoms with Crippen molar-refractivity contribution in [1.82, 2.24) is 15.1 Å². The Morgan fingerprint density at radius 1 is 1.03 bits per heavy atom. The monoisotopic (exact) mass is 513 g/mol. The fourth-order valence-corrected chi connectivity index (χ4v) is 3.37. The molecule has 1 heterocycles. The van der Waals surface area contributed by atoms with Crippen molar-refractivity contribution in [3.05, 3.63) is 70.2 Å². The van der Waals surface area contributed by atoms with Gasteiger partial charge in [-0.25, -0.2) is 4.79 Å². The number of amides is 2.